The molecule has 0 aliphatic carbocycles. The predicted octanol–water partition coefficient (Wildman–Crippen LogP) is 4.21. The maximum Gasteiger partial charge on any atom is 0.223 e. The molecule has 0 amide bonds. The van der Waals surface area contributed by atoms with Crippen LogP contribution in [0.3, 0.4) is 0 Å². The largest absolute Gasteiger partial charge is 0.351 e. The number of rotatable bonds is 7. The standard InChI is InChI=1S/C21H33N5S/c1-20(2)13-15(14-21(3,4)26-20)24-19-23-12-10-17(25-19)18-9-8-16(27-18)7-5-6-11-22/h8-10,12,15,26H,5-7,11,13-14,22H2,1-4H3,(H,23,24,25). The van der Waals surface area contributed by atoms with Crippen molar-refractivity contribution in [2.24, 2.45) is 5.73 Å². The van der Waals surface area contributed by atoms with E-state index < -0.39 is 0 Å². The van der Waals surface area contributed by atoms with Crippen molar-refractivity contribution in [1.82, 2.24) is 15.3 Å². The minimum Gasteiger partial charge on any atom is -0.351 e. The summed E-state index contributed by atoms with van der Waals surface area (Å²) in [5, 5.41) is 7.30. The van der Waals surface area contributed by atoms with E-state index in [0.29, 0.717) is 6.04 Å². The Morgan fingerprint density at radius 1 is 1.15 bits per heavy atom. The Bertz CT molecular complexity index is 737. The van der Waals surface area contributed by atoms with Crippen molar-refractivity contribution in [1.29, 1.82) is 0 Å². The summed E-state index contributed by atoms with van der Waals surface area (Å²) in [6.45, 7) is 9.81. The number of piperidine rings is 1. The molecule has 4 N–H and O–H groups in total. The smallest absolute Gasteiger partial charge is 0.223 e. The normalized spacial score (nSPS) is 19.1. The Labute approximate surface area is 167 Å². The highest BCUT2D eigenvalue weighted by atomic mass is 32.1. The molecule has 0 unspecified atom stereocenters. The van der Waals surface area contributed by atoms with E-state index in [1.807, 2.05) is 23.6 Å². The van der Waals surface area contributed by atoms with Gasteiger partial charge >= 0.3 is 0 Å². The number of aryl methyl sites for hydroxylation is 1. The van der Waals surface area contributed by atoms with E-state index in [-0.39, 0.29) is 11.1 Å². The van der Waals surface area contributed by atoms with Crippen LogP contribution in [0.25, 0.3) is 10.6 Å². The number of nitrogens with two attached hydrogens (primary N) is 1. The first kappa shape index (κ1) is 20.2. The molecule has 1 aliphatic heterocycles. The van der Waals surface area contributed by atoms with Crippen LogP contribution >= 0.6 is 11.3 Å². The van der Waals surface area contributed by atoms with Gasteiger partial charge in [0.1, 0.15) is 0 Å². The third-order valence-corrected chi connectivity index (χ3v) is 6.14. The number of hydrogen-bond acceptors (Lipinski definition) is 6. The highest BCUT2D eigenvalue weighted by Crippen LogP contribution is 2.31. The second kappa shape index (κ2) is 8.25. The molecule has 1 saturated heterocycles. The van der Waals surface area contributed by atoms with Crippen molar-refractivity contribution in [3.8, 4) is 10.6 Å². The molecule has 2 aromatic heterocycles. The summed E-state index contributed by atoms with van der Waals surface area (Å²) in [4.78, 5) is 11.9. The molecule has 0 atom stereocenters. The topological polar surface area (TPSA) is 75.9 Å². The second-order valence-electron chi connectivity index (χ2n) is 8.92. The van der Waals surface area contributed by atoms with Crippen LogP contribution in [0.5, 0.6) is 0 Å². The van der Waals surface area contributed by atoms with Gasteiger partial charge in [-0.2, -0.15) is 0 Å². The van der Waals surface area contributed by atoms with Crippen molar-refractivity contribution in [2.75, 3.05) is 11.9 Å². The van der Waals surface area contributed by atoms with E-state index in [4.69, 9.17) is 10.7 Å². The average Bonchev–Trinajstić information content (AvgIpc) is 3.01. The molecule has 1 fully saturated rings. The molecule has 3 heterocycles. The Kier molecular flexibility index (Phi) is 6.18. The lowest BCUT2D eigenvalue weighted by Gasteiger charge is -2.46. The van der Waals surface area contributed by atoms with E-state index >= 15 is 0 Å². The third-order valence-electron chi connectivity index (χ3n) is 4.97. The minimum absolute atomic E-state index is 0.100. The molecule has 0 bridgehead atoms. The Hall–Kier alpha value is -1.50. The first-order chi connectivity index (χ1) is 12.8. The number of thiophene rings is 1. The lowest BCUT2D eigenvalue weighted by Crippen LogP contribution is -2.60. The molecule has 0 radical (unpaired) electrons. The number of hydrogen-bond donors (Lipinski definition) is 3. The molecule has 6 heteroatoms. The first-order valence-corrected chi connectivity index (χ1v) is 10.8. The SMILES string of the molecule is CC1(C)CC(Nc2nccc(-c3ccc(CCCCN)s3)n2)CC(C)(C)N1. The van der Waals surface area contributed by atoms with E-state index in [9.17, 15) is 0 Å². The van der Waals surface area contributed by atoms with Crippen LogP contribution in [-0.4, -0.2) is 33.6 Å². The zero-order chi connectivity index (χ0) is 19.5. The maximum absolute atomic E-state index is 5.59. The van der Waals surface area contributed by atoms with Gasteiger partial charge in [0.2, 0.25) is 5.95 Å². The summed E-state index contributed by atoms with van der Waals surface area (Å²) in [7, 11) is 0. The van der Waals surface area contributed by atoms with Crippen molar-refractivity contribution in [3.63, 3.8) is 0 Å². The minimum atomic E-state index is 0.100. The summed E-state index contributed by atoms with van der Waals surface area (Å²) < 4.78 is 0. The van der Waals surface area contributed by atoms with Crippen molar-refractivity contribution in [2.45, 2.75) is 76.9 Å². The molecule has 3 rings (SSSR count). The summed E-state index contributed by atoms with van der Waals surface area (Å²) in [6, 6.07) is 6.74. The molecule has 2 aromatic rings. The van der Waals surface area contributed by atoms with E-state index in [2.05, 4.69) is 55.4 Å². The lowest BCUT2D eigenvalue weighted by atomic mass is 9.80. The van der Waals surface area contributed by atoms with Crippen LogP contribution in [0.1, 0.15) is 58.3 Å². The third kappa shape index (κ3) is 5.74. The van der Waals surface area contributed by atoms with Crippen LogP contribution in [0.15, 0.2) is 24.4 Å². The van der Waals surface area contributed by atoms with Crippen molar-refractivity contribution < 1.29 is 0 Å². The molecule has 1 aliphatic rings. The van der Waals surface area contributed by atoms with Gasteiger partial charge in [-0.3, -0.25) is 0 Å². The molecule has 0 spiro atoms. The fourth-order valence-electron chi connectivity index (χ4n) is 4.27. The van der Waals surface area contributed by atoms with Gasteiger partial charge in [0.25, 0.3) is 0 Å². The highest BCUT2D eigenvalue weighted by Gasteiger charge is 2.37. The number of nitrogens with one attached hydrogen (secondary N) is 2. The molecule has 0 saturated carbocycles. The molecule has 0 aromatic carbocycles. The average molecular weight is 388 g/mol. The summed E-state index contributed by atoms with van der Waals surface area (Å²) >= 11 is 1.82. The second-order valence-corrected chi connectivity index (χ2v) is 10.1. The molecular formula is C21H33N5S. The molecule has 148 valence electrons. The van der Waals surface area contributed by atoms with Gasteiger partial charge < -0.3 is 16.4 Å². The number of unbranched alkanes of at least 4 members (excludes halogenated alkanes) is 1. The van der Waals surface area contributed by atoms with Crippen LogP contribution in [0.2, 0.25) is 0 Å². The van der Waals surface area contributed by atoms with Gasteiger partial charge in [-0.25, -0.2) is 9.97 Å². The van der Waals surface area contributed by atoms with Crippen molar-refractivity contribution in [3.05, 3.63) is 29.3 Å². The van der Waals surface area contributed by atoms with Crippen LogP contribution in [0.4, 0.5) is 5.95 Å². The highest BCUT2D eigenvalue weighted by molar-refractivity contribution is 7.15. The maximum atomic E-state index is 5.59. The summed E-state index contributed by atoms with van der Waals surface area (Å²) in [5.74, 6) is 0.726. The van der Waals surface area contributed by atoms with E-state index in [0.717, 1.165) is 50.3 Å². The Balaban J connectivity index is 1.69. The number of nitrogens with zero attached hydrogens (tertiary/aromatic N) is 2. The van der Waals surface area contributed by atoms with E-state index in [1.165, 1.54) is 9.75 Å². The van der Waals surface area contributed by atoms with Gasteiger partial charge in [0, 0.05) is 28.2 Å². The van der Waals surface area contributed by atoms with Gasteiger partial charge in [-0.15, -0.1) is 11.3 Å². The van der Waals surface area contributed by atoms with Gasteiger partial charge in [0.15, 0.2) is 0 Å². The molecule has 27 heavy (non-hydrogen) atoms. The Morgan fingerprint density at radius 2 is 1.89 bits per heavy atom. The zero-order valence-electron chi connectivity index (χ0n) is 17.0. The van der Waals surface area contributed by atoms with Crippen LogP contribution in [-0.2, 0) is 6.42 Å². The predicted molar refractivity (Wildman–Crippen MR) is 115 cm³/mol. The monoisotopic (exact) mass is 387 g/mol. The summed E-state index contributed by atoms with van der Waals surface area (Å²) in [6.07, 6.45) is 7.28. The first-order valence-electron chi connectivity index (χ1n) is 9.94. The fraction of sp³-hybridized carbons (Fsp3) is 0.619. The Morgan fingerprint density at radius 3 is 2.59 bits per heavy atom. The molecular weight excluding hydrogens is 354 g/mol. The lowest BCUT2D eigenvalue weighted by molar-refractivity contribution is 0.170. The van der Waals surface area contributed by atoms with Crippen LogP contribution < -0.4 is 16.4 Å². The summed E-state index contributed by atoms with van der Waals surface area (Å²) in [5.41, 5.74) is 6.79. The van der Waals surface area contributed by atoms with Crippen molar-refractivity contribution >= 4 is 17.3 Å². The number of anilines is 1. The van der Waals surface area contributed by atoms with E-state index in [1.54, 1.807) is 0 Å². The molecule has 5 nitrogen and oxygen atoms in total. The quantitative estimate of drug-likeness (QED) is 0.621. The fourth-order valence-corrected chi connectivity index (χ4v) is 5.29. The van der Waals surface area contributed by atoms with Gasteiger partial charge in [-0.1, -0.05) is 0 Å². The number of aromatic nitrogens is 2. The van der Waals surface area contributed by atoms with Crippen LogP contribution in [0, 0.1) is 0 Å². The van der Waals surface area contributed by atoms with Gasteiger partial charge in [0.05, 0.1) is 10.6 Å². The van der Waals surface area contributed by atoms with Gasteiger partial charge in [-0.05, 0) is 84.5 Å². The zero-order valence-corrected chi connectivity index (χ0v) is 17.8.